The van der Waals surface area contributed by atoms with Crippen LogP contribution in [0.15, 0.2) is 29.4 Å². The molecule has 0 unspecified atom stereocenters. The highest BCUT2D eigenvalue weighted by Crippen LogP contribution is 2.27. The number of unbranched alkanes of at least 4 members (excludes halogenated alkanes) is 1. The molecule has 0 aliphatic carbocycles. The molecule has 2 aromatic rings. The number of ether oxygens (including phenoxy) is 2. The van der Waals surface area contributed by atoms with E-state index in [1.54, 1.807) is 19.2 Å². The summed E-state index contributed by atoms with van der Waals surface area (Å²) in [5.41, 5.74) is 6.63. The van der Waals surface area contributed by atoms with Crippen molar-refractivity contribution in [3.05, 3.63) is 35.5 Å². The number of nitrogens with zero attached hydrogens (tertiary/aromatic N) is 3. The molecule has 2 rings (SSSR count). The van der Waals surface area contributed by atoms with Gasteiger partial charge in [-0.2, -0.15) is 5.26 Å². The molecule has 0 radical (unpaired) electrons. The third-order valence-corrected chi connectivity index (χ3v) is 4.20. The molecule has 0 fully saturated rings. The molecule has 1 aromatic carbocycles. The number of methoxy groups -OCH3 is 1. The van der Waals surface area contributed by atoms with Gasteiger partial charge < -0.3 is 15.2 Å². The first-order valence-electron chi connectivity index (χ1n) is 7.64. The zero-order chi connectivity index (χ0) is 17.4. The minimum absolute atomic E-state index is 0.122. The van der Waals surface area contributed by atoms with E-state index in [0.717, 1.165) is 18.6 Å². The molecule has 1 heterocycles. The summed E-state index contributed by atoms with van der Waals surface area (Å²) in [7, 11) is 1.58. The first-order valence-corrected chi connectivity index (χ1v) is 8.63. The van der Waals surface area contributed by atoms with Crippen molar-refractivity contribution >= 4 is 17.6 Å². The topological polar surface area (TPSA) is 94.0 Å². The summed E-state index contributed by atoms with van der Waals surface area (Å²) in [5, 5.41) is 9.87. The second-order valence-electron chi connectivity index (χ2n) is 4.97. The molecule has 0 bridgehead atoms. The minimum atomic E-state index is 0.122. The third kappa shape index (κ3) is 4.52. The van der Waals surface area contributed by atoms with E-state index < -0.39 is 0 Å². The molecule has 0 atom stereocenters. The average Bonchev–Trinajstić information content (AvgIpc) is 2.60. The molecule has 0 aliphatic rings. The van der Waals surface area contributed by atoms with Crippen LogP contribution in [0, 0.1) is 11.3 Å². The summed E-state index contributed by atoms with van der Waals surface area (Å²) >= 11 is 1.53. The Labute approximate surface area is 146 Å². The van der Waals surface area contributed by atoms with E-state index >= 15 is 0 Å². The lowest BCUT2D eigenvalue weighted by molar-refractivity contribution is 0.279. The SMILES string of the molecule is CCCCSc1nc(N)c(C#N)c(COc2ccccc2OC)n1. The van der Waals surface area contributed by atoms with E-state index in [1.165, 1.54) is 11.8 Å². The van der Waals surface area contributed by atoms with Crippen molar-refractivity contribution in [2.24, 2.45) is 0 Å². The highest BCUT2D eigenvalue weighted by atomic mass is 32.2. The highest BCUT2D eigenvalue weighted by molar-refractivity contribution is 7.99. The summed E-state index contributed by atoms with van der Waals surface area (Å²) in [4.78, 5) is 8.62. The van der Waals surface area contributed by atoms with Crippen LogP contribution in [0.25, 0.3) is 0 Å². The standard InChI is InChI=1S/C17H20N4O2S/c1-3-4-9-24-17-20-13(12(10-18)16(19)21-17)11-23-15-8-6-5-7-14(15)22-2/h5-8H,3-4,9,11H2,1-2H3,(H2,19,20,21). The molecule has 1 aromatic heterocycles. The summed E-state index contributed by atoms with van der Waals surface area (Å²) in [6.45, 7) is 2.25. The predicted molar refractivity (Wildman–Crippen MR) is 94.1 cm³/mol. The largest absolute Gasteiger partial charge is 0.493 e. The van der Waals surface area contributed by atoms with Gasteiger partial charge in [-0.3, -0.25) is 0 Å². The van der Waals surface area contributed by atoms with Gasteiger partial charge in [0.1, 0.15) is 29.8 Å². The van der Waals surface area contributed by atoms with Crippen LogP contribution in [-0.4, -0.2) is 22.8 Å². The van der Waals surface area contributed by atoms with Crippen molar-refractivity contribution in [1.82, 2.24) is 9.97 Å². The summed E-state index contributed by atoms with van der Waals surface area (Å²) < 4.78 is 11.0. The van der Waals surface area contributed by atoms with E-state index in [0.29, 0.717) is 22.3 Å². The normalized spacial score (nSPS) is 10.2. The second-order valence-corrected chi connectivity index (χ2v) is 6.03. The lowest BCUT2D eigenvalue weighted by Gasteiger charge is -2.12. The van der Waals surface area contributed by atoms with Crippen molar-refractivity contribution in [2.75, 3.05) is 18.6 Å². The Morgan fingerprint density at radius 3 is 2.67 bits per heavy atom. The number of anilines is 1. The maximum absolute atomic E-state index is 9.31. The third-order valence-electron chi connectivity index (χ3n) is 3.27. The molecule has 7 heteroatoms. The summed E-state index contributed by atoms with van der Waals surface area (Å²) in [6, 6.07) is 9.37. The fraction of sp³-hybridized carbons (Fsp3) is 0.353. The molecular formula is C17H20N4O2S. The molecule has 0 aliphatic heterocycles. The van der Waals surface area contributed by atoms with Gasteiger partial charge in [-0.15, -0.1) is 0 Å². The molecule has 0 spiro atoms. The van der Waals surface area contributed by atoms with Gasteiger partial charge in [0.15, 0.2) is 16.7 Å². The van der Waals surface area contributed by atoms with Crippen LogP contribution >= 0.6 is 11.8 Å². The first kappa shape index (κ1) is 17.9. The Morgan fingerprint density at radius 2 is 2.00 bits per heavy atom. The Kier molecular flexibility index (Phi) is 6.70. The Morgan fingerprint density at radius 1 is 1.25 bits per heavy atom. The zero-order valence-corrected chi connectivity index (χ0v) is 14.6. The van der Waals surface area contributed by atoms with E-state index in [9.17, 15) is 5.26 Å². The zero-order valence-electron chi connectivity index (χ0n) is 13.8. The fourth-order valence-electron chi connectivity index (χ4n) is 1.99. The van der Waals surface area contributed by atoms with E-state index in [-0.39, 0.29) is 18.0 Å². The van der Waals surface area contributed by atoms with Crippen LogP contribution in [-0.2, 0) is 6.61 Å². The van der Waals surface area contributed by atoms with Crippen molar-refractivity contribution < 1.29 is 9.47 Å². The van der Waals surface area contributed by atoms with E-state index in [4.69, 9.17) is 15.2 Å². The van der Waals surface area contributed by atoms with Gasteiger partial charge in [0, 0.05) is 5.75 Å². The van der Waals surface area contributed by atoms with Crippen LogP contribution in [0.5, 0.6) is 11.5 Å². The average molecular weight is 344 g/mol. The fourth-order valence-corrected chi connectivity index (χ4v) is 2.94. The summed E-state index contributed by atoms with van der Waals surface area (Å²) in [5.74, 6) is 2.30. The van der Waals surface area contributed by atoms with Crippen molar-refractivity contribution in [3.63, 3.8) is 0 Å². The minimum Gasteiger partial charge on any atom is -0.493 e. The number of hydrogen-bond donors (Lipinski definition) is 1. The molecule has 24 heavy (non-hydrogen) atoms. The van der Waals surface area contributed by atoms with Gasteiger partial charge in [0.05, 0.1) is 7.11 Å². The quantitative estimate of drug-likeness (QED) is 0.445. The van der Waals surface area contributed by atoms with Gasteiger partial charge >= 0.3 is 0 Å². The maximum Gasteiger partial charge on any atom is 0.189 e. The molecule has 6 nitrogen and oxygen atoms in total. The molecular weight excluding hydrogens is 324 g/mol. The smallest absolute Gasteiger partial charge is 0.189 e. The molecule has 0 saturated carbocycles. The van der Waals surface area contributed by atoms with E-state index in [2.05, 4.69) is 23.0 Å². The number of aromatic nitrogens is 2. The Balaban J connectivity index is 2.19. The molecule has 2 N–H and O–H groups in total. The van der Waals surface area contributed by atoms with Gasteiger partial charge in [0.25, 0.3) is 0 Å². The number of nitrogens with two attached hydrogens (primary N) is 1. The van der Waals surface area contributed by atoms with Crippen LogP contribution in [0.3, 0.4) is 0 Å². The number of benzene rings is 1. The van der Waals surface area contributed by atoms with Gasteiger partial charge in [-0.25, -0.2) is 9.97 Å². The van der Waals surface area contributed by atoms with E-state index in [1.807, 2.05) is 12.1 Å². The van der Waals surface area contributed by atoms with Gasteiger partial charge in [-0.05, 0) is 18.6 Å². The highest BCUT2D eigenvalue weighted by Gasteiger charge is 2.14. The van der Waals surface area contributed by atoms with Crippen LogP contribution in [0.2, 0.25) is 0 Å². The summed E-state index contributed by atoms with van der Waals surface area (Å²) in [6.07, 6.45) is 2.17. The van der Waals surface area contributed by atoms with Crippen LogP contribution < -0.4 is 15.2 Å². The monoisotopic (exact) mass is 344 g/mol. The Bertz CT molecular complexity index is 731. The van der Waals surface area contributed by atoms with Crippen LogP contribution in [0.4, 0.5) is 5.82 Å². The lowest BCUT2D eigenvalue weighted by atomic mass is 10.2. The molecule has 0 saturated heterocycles. The van der Waals surface area contributed by atoms with Gasteiger partial charge in [-0.1, -0.05) is 37.2 Å². The number of hydrogen-bond acceptors (Lipinski definition) is 7. The van der Waals surface area contributed by atoms with Crippen molar-refractivity contribution in [2.45, 2.75) is 31.5 Å². The second kappa shape index (κ2) is 8.99. The number of thioether (sulfide) groups is 1. The lowest BCUT2D eigenvalue weighted by Crippen LogP contribution is -2.08. The first-order chi connectivity index (χ1) is 11.7. The number of nitrogen functional groups attached to an aromatic ring is 1. The number of para-hydroxylation sites is 2. The van der Waals surface area contributed by atoms with Crippen molar-refractivity contribution in [1.29, 1.82) is 5.26 Å². The predicted octanol–water partition coefficient (Wildman–Crippen LogP) is 3.41. The van der Waals surface area contributed by atoms with Crippen molar-refractivity contribution in [3.8, 4) is 17.6 Å². The maximum atomic E-state index is 9.31. The van der Waals surface area contributed by atoms with Gasteiger partial charge in [0.2, 0.25) is 0 Å². The number of rotatable bonds is 8. The van der Waals surface area contributed by atoms with Crippen LogP contribution in [0.1, 0.15) is 31.0 Å². The number of nitriles is 1. The molecule has 126 valence electrons. The Hall–Kier alpha value is -2.46. The molecule has 0 amide bonds.